The molecule has 0 saturated heterocycles. The van der Waals surface area contributed by atoms with Crippen LogP contribution in [-0.4, -0.2) is 33.2 Å². The predicted molar refractivity (Wildman–Crippen MR) is 106 cm³/mol. The number of H-pyrrole nitrogens is 1. The third-order valence-electron chi connectivity index (χ3n) is 6.62. The lowest BCUT2D eigenvalue weighted by molar-refractivity contribution is -0.136. The molecule has 3 aliphatic rings. The van der Waals surface area contributed by atoms with Gasteiger partial charge in [-0.1, -0.05) is 18.2 Å². The molecule has 3 atom stereocenters. The summed E-state index contributed by atoms with van der Waals surface area (Å²) in [7, 11) is 0. The molecule has 1 aromatic carbocycles. The van der Waals surface area contributed by atoms with E-state index in [0.717, 1.165) is 48.8 Å². The molecule has 2 saturated carbocycles. The van der Waals surface area contributed by atoms with Gasteiger partial charge in [0.2, 0.25) is 5.91 Å². The second kappa shape index (κ2) is 7.13. The maximum Gasteiger partial charge on any atom is 0.270 e. The van der Waals surface area contributed by atoms with Gasteiger partial charge in [-0.15, -0.1) is 0 Å². The zero-order chi connectivity index (χ0) is 20.0. The normalized spacial score (nSPS) is 24.6. The maximum atomic E-state index is 12.9. The summed E-state index contributed by atoms with van der Waals surface area (Å²) in [4.78, 5) is 44.8. The second-order valence-corrected chi connectivity index (χ2v) is 8.47. The summed E-state index contributed by atoms with van der Waals surface area (Å²) in [5.41, 5.74) is 3.17. The molecule has 0 bridgehead atoms. The van der Waals surface area contributed by atoms with Crippen LogP contribution in [0.2, 0.25) is 0 Å². The molecule has 0 spiro atoms. The molecule has 0 radical (unpaired) electrons. The zero-order valence-corrected chi connectivity index (χ0v) is 16.2. The van der Waals surface area contributed by atoms with Gasteiger partial charge in [-0.05, 0) is 54.2 Å². The van der Waals surface area contributed by atoms with Gasteiger partial charge >= 0.3 is 0 Å². The molecular weight excluding hydrogens is 368 g/mol. The van der Waals surface area contributed by atoms with Gasteiger partial charge in [-0.2, -0.15) is 0 Å². The Labute approximate surface area is 168 Å². The topological polar surface area (TPSA) is 95.2 Å². The minimum absolute atomic E-state index is 0.102. The third kappa shape index (κ3) is 3.57. The Morgan fingerprint density at radius 1 is 1.21 bits per heavy atom. The van der Waals surface area contributed by atoms with Crippen molar-refractivity contribution in [1.29, 1.82) is 0 Å². The van der Waals surface area contributed by atoms with Crippen molar-refractivity contribution in [3.05, 3.63) is 63.3 Å². The van der Waals surface area contributed by atoms with Gasteiger partial charge in [-0.25, -0.2) is 4.98 Å². The van der Waals surface area contributed by atoms with Crippen molar-refractivity contribution in [2.45, 2.75) is 38.8 Å². The number of hydrogen-bond donors (Lipinski definition) is 2. The van der Waals surface area contributed by atoms with E-state index in [-0.39, 0.29) is 23.1 Å². The van der Waals surface area contributed by atoms with Crippen LogP contribution in [0.1, 0.15) is 46.4 Å². The molecule has 7 nitrogen and oxygen atoms in total. The van der Waals surface area contributed by atoms with Gasteiger partial charge < -0.3 is 15.2 Å². The smallest absolute Gasteiger partial charge is 0.270 e. The molecule has 2 heterocycles. The fourth-order valence-corrected chi connectivity index (χ4v) is 4.98. The van der Waals surface area contributed by atoms with Crippen LogP contribution in [0.3, 0.4) is 0 Å². The first-order valence-electron chi connectivity index (χ1n) is 10.3. The zero-order valence-electron chi connectivity index (χ0n) is 16.2. The van der Waals surface area contributed by atoms with Gasteiger partial charge in [0.1, 0.15) is 5.69 Å². The molecule has 2 amide bonds. The highest BCUT2D eigenvalue weighted by molar-refractivity contribution is 5.92. The van der Waals surface area contributed by atoms with Crippen LogP contribution in [-0.2, 0) is 24.3 Å². The van der Waals surface area contributed by atoms with E-state index < -0.39 is 0 Å². The summed E-state index contributed by atoms with van der Waals surface area (Å²) >= 11 is 0. The fourth-order valence-electron chi connectivity index (χ4n) is 4.98. The number of hydrogen-bond acceptors (Lipinski definition) is 4. The number of rotatable bonds is 4. The number of fused-ring (bicyclic) bond motifs is 2. The van der Waals surface area contributed by atoms with Crippen LogP contribution >= 0.6 is 0 Å². The first-order valence-corrected chi connectivity index (χ1v) is 10.3. The highest BCUT2D eigenvalue weighted by Crippen LogP contribution is 2.54. The largest absolute Gasteiger partial charge is 0.347 e. The number of carbonyl (C=O) groups is 2. The highest BCUT2D eigenvalue weighted by atomic mass is 16.2. The molecule has 2 aromatic rings. The average molecular weight is 392 g/mol. The minimum atomic E-state index is -0.374. The fraction of sp³-hybridized carbons (Fsp3) is 0.455. The maximum absolute atomic E-state index is 12.9. The lowest BCUT2D eigenvalue weighted by Crippen LogP contribution is -2.40. The molecule has 150 valence electrons. The molecule has 29 heavy (non-hydrogen) atoms. The third-order valence-corrected chi connectivity index (χ3v) is 6.62. The van der Waals surface area contributed by atoms with Crippen molar-refractivity contribution < 1.29 is 9.59 Å². The van der Waals surface area contributed by atoms with Crippen LogP contribution in [0.15, 0.2) is 35.4 Å². The number of amides is 2. The summed E-state index contributed by atoms with van der Waals surface area (Å²) in [5, 5.41) is 2.85. The number of nitrogens with one attached hydrogen (secondary N) is 2. The van der Waals surface area contributed by atoms with Crippen molar-refractivity contribution in [1.82, 2.24) is 20.2 Å². The molecule has 2 N–H and O–H groups in total. The molecule has 1 aromatic heterocycles. The summed E-state index contributed by atoms with van der Waals surface area (Å²) in [6.45, 7) is 1.76. The Balaban J connectivity index is 1.25. The molecule has 7 heteroatoms. The summed E-state index contributed by atoms with van der Waals surface area (Å²) in [6, 6.07) is 7.24. The van der Waals surface area contributed by atoms with Gasteiger partial charge in [0.15, 0.2) is 0 Å². The Morgan fingerprint density at radius 3 is 2.83 bits per heavy atom. The lowest BCUT2D eigenvalue weighted by Gasteiger charge is -2.32. The number of benzene rings is 1. The van der Waals surface area contributed by atoms with Crippen LogP contribution < -0.4 is 10.9 Å². The second-order valence-electron chi connectivity index (χ2n) is 8.47. The first-order chi connectivity index (χ1) is 14.1. The molecule has 2 fully saturated rings. The predicted octanol–water partition coefficient (Wildman–Crippen LogP) is 1.63. The van der Waals surface area contributed by atoms with E-state index >= 15 is 0 Å². The summed E-state index contributed by atoms with van der Waals surface area (Å²) in [5.74, 6) is 1.80. The van der Waals surface area contributed by atoms with E-state index in [1.807, 2.05) is 17.0 Å². The Morgan fingerprint density at radius 2 is 2.03 bits per heavy atom. The Hall–Kier alpha value is -2.96. The van der Waals surface area contributed by atoms with Crippen molar-refractivity contribution in [3.8, 4) is 0 Å². The highest BCUT2D eigenvalue weighted by Gasteiger charge is 2.48. The number of nitrogens with zero attached hydrogens (tertiary/aromatic N) is 2. The van der Waals surface area contributed by atoms with E-state index in [1.165, 1.54) is 24.4 Å². The Bertz CT molecular complexity index is 1020. The van der Waals surface area contributed by atoms with Gasteiger partial charge in [-0.3, -0.25) is 14.4 Å². The SMILES string of the molecule is O=C(NCc1cccc2c1CCN(C(=O)C1C[C@@H]3C[C@@H]3C1)C2)c1cc(=O)[nH]cn1. The lowest BCUT2D eigenvalue weighted by atomic mass is 9.93. The number of aromatic amines is 1. The van der Waals surface area contributed by atoms with E-state index in [9.17, 15) is 14.4 Å². The molecule has 2 aliphatic carbocycles. The monoisotopic (exact) mass is 392 g/mol. The summed E-state index contributed by atoms with van der Waals surface area (Å²) in [6.07, 6.45) is 5.51. The molecular formula is C22H24N4O3. The van der Waals surface area contributed by atoms with Crippen molar-refractivity contribution in [2.75, 3.05) is 6.54 Å². The first kappa shape index (κ1) is 18.1. The van der Waals surface area contributed by atoms with Crippen LogP contribution in [0.25, 0.3) is 0 Å². The van der Waals surface area contributed by atoms with Crippen LogP contribution in [0.4, 0.5) is 0 Å². The average Bonchev–Trinajstić information content (AvgIpc) is 3.35. The summed E-state index contributed by atoms with van der Waals surface area (Å²) < 4.78 is 0. The standard InChI is InChI=1S/C22H24N4O3/c27-20-9-19(24-12-25-20)21(28)23-10-13-2-1-3-14-11-26(5-4-18(13)14)22(29)17-7-15-6-16(15)8-17/h1-3,9,12,15-17H,4-8,10-11H2,(H,23,28)(H,24,25,27)/t15-,16+,17?. The van der Waals surface area contributed by atoms with Crippen LogP contribution in [0, 0.1) is 17.8 Å². The van der Waals surface area contributed by atoms with E-state index in [0.29, 0.717) is 19.0 Å². The van der Waals surface area contributed by atoms with Gasteiger partial charge in [0.25, 0.3) is 11.5 Å². The Kier molecular flexibility index (Phi) is 4.45. The quantitative estimate of drug-likeness (QED) is 0.827. The van der Waals surface area contributed by atoms with Gasteiger partial charge in [0, 0.05) is 31.6 Å². The van der Waals surface area contributed by atoms with E-state index in [4.69, 9.17) is 0 Å². The number of aromatic nitrogens is 2. The van der Waals surface area contributed by atoms with Crippen molar-refractivity contribution in [2.24, 2.45) is 17.8 Å². The molecule has 5 rings (SSSR count). The molecule has 1 aliphatic heterocycles. The van der Waals surface area contributed by atoms with Crippen molar-refractivity contribution in [3.63, 3.8) is 0 Å². The van der Waals surface area contributed by atoms with Gasteiger partial charge in [0.05, 0.1) is 6.33 Å². The minimum Gasteiger partial charge on any atom is -0.347 e. The van der Waals surface area contributed by atoms with Crippen molar-refractivity contribution >= 4 is 11.8 Å². The number of carbonyl (C=O) groups excluding carboxylic acids is 2. The van der Waals surface area contributed by atoms with E-state index in [1.54, 1.807) is 0 Å². The molecule has 1 unspecified atom stereocenters. The van der Waals surface area contributed by atoms with E-state index in [2.05, 4.69) is 21.4 Å². The van der Waals surface area contributed by atoms with Crippen LogP contribution in [0.5, 0.6) is 0 Å².